The Hall–Kier alpha value is -0.780. The summed E-state index contributed by atoms with van der Waals surface area (Å²) in [6.07, 6.45) is -5.73. The van der Waals surface area contributed by atoms with E-state index in [2.05, 4.69) is 5.32 Å². The summed E-state index contributed by atoms with van der Waals surface area (Å²) in [5, 5.41) is 2.87. The van der Waals surface area contributed by atoms with Gasteiger partial charge >= 0.3 is 6.18 Å². The van der Waals surface area contributed by atoms with Crippen LogP contribution in [0.2, 0.25) is 0 Å². The number of carbonyl (C=O) groups is 1. The molecule has 13 heavy (non-hydrogen) atoms. The zero-order chi connectivity index (χ0) is 10.1. The van der Waals surface area contributed by atoms with Crippen molar-refractivity contribution in [2.24, 2.45) is 0 Å². The smallest absolute Gasteiger partial charge is 0.339 e. The van der Waals surface area contributed by atoms with Crippen LogP contribution >= 0.6 is 0 Å². The van der Waals surface area contributed by atoms with Crippen LogP contribution in [0, 0.1) is 0 Å². The van der Waals surface area contributed by atoms with Gasteiger partial charge in [-0.1, -0.05) is 0 Å². The van der Waals surface area contributed by atoms with E-state index >= 15 is 0 Å². The van der Waals surface area contributed by atoms with E-state index in [9.17, 15) is 18.0 Å². The first-order valence-corrected chi connectivity index (χ1v) is 3.94. The van der Waals surface area contributed by atoms with E-state index in [-0.39, 0.29) is 6.04 Å². The Bertz CT molecular complexity index is 198. The molecule has 0 bridgehead atoms. The van der Waals surface area contributed by atoms with E-state index in [1.807, 2.05) is 0 Å². The third-order valence-corrected chi connectivity index (χ3v) is 1.99. The second kappa shape index (κ2) is 3.53. The molecule has 0 unspecified atom stereocenters. The van der Waals surface area contributed by atoms with Gasteiger partial charge in [0.05, 0.1) is 0 Å². The summed E-state index contributed by atoms with van der Waals surface area (Å²) < 4.78 is 35.2. The largest absolute Gasteiger partial charge is 0.397 e. The summed E-state index contributed by atoms with van der Waals surface area (Å²) in [6.45, 7) is 0.761. The van der Waals surface area contributed by atoms with Gasteiger partial charge in [-0.05, 0) is 7.05 Å². The highest BCUT2D eigenvalue weighted by molar-refractivity contribution is 5.77. The number of halogens is 3. The van der Waals surface area contributed by atoms with Gasteiger partial charge in [-0.15, -0.1) is 0 Å². The Kier molecular flexibility index (Phi) is 2.80. The molecule has 0 aromatic heterocycles. The monoisotopic (exact) mass is 196 g/mol. The fraction of sp³-hybridized carbons (Fsp3) is 0.857. The number of nitrogens with zero attached hydrogens (tertiary/aromatic N) is 1. The molecule has 1 fully saturated rings. The maximum absolute atomic E-state index is 11.7. The van der Waals surface area contributed by atoms with Crippen molar-refractivity contribution in [2.75, 3.05) is 20.1 Å². The van der Waals surface area contributed by atoms with Gasteiger partial charge in [0.15, 0.2) is 0 Å². The van der Waals surface area contributed by atoms with Crippen LogP contribution in [0.15, 0.2) is 0 Å². The molecular formula is C7H11F3N2O. The van der Waals surface area contributed by atoms with Crippen LogP contribution in [-0.4, -0.2) is 43.2 Å². The van der Waals surface area contributed by atoms with Crippen LogP contribution in [-0.2, 0) is 4.79 Å². The molecule has 76 valence electrons. The predicted octanol–water partition coefficient (Wildman–Crippen LogP) is 0.369. The zero-order valence-electron chi connectivity index (χ0n) is 7.19. The molecule has 0 aromatic rings. The number of likely N-dealkylation sites (N-methyl/N-ethyl adjacent to an activating group) is 1. The fourth-order valence-electron chi connectivity index (χ4n) is 1.15. The van der Waals surface area contributed by atoms with E-state index in [0.717, 1.165) is 0 Å². The van der Waals surface area contributed by atoms with Crippen molar-refractivity contribution in [2.45, 2.75) is 18.6 Å². The van der Waals surface area contributed by atoms with Crippen LogP contribution in [0.5, 0.6) is 0 Å². The molecule has 0 spiro atoms. The fourth-order valence-corrected chi connectivity index (χ4v) is 1.15. The first-order chi connectivity index (χ1) is 5.92. The van der Waals surface area contributed by atoms with E-state index < -0.39 is 18.5 Å². The molecule has 1 saturated heterocycles. The highest BCUT2D eigenvalue weighted by atomic mass is 19.4. The first kappa shape index (κ1) is 10.3. The first-order valence-electron chi connectivity index (χ1n) is 3.94. The van der Waals surface area contributed by atoms with Gasteiger partial charge in [-0.2, -0.15) is 13.2 Å². The van der Waals surface area contributed by atoms with Crippen molar-refractivity contribution >= 4 is 5.91 Å². The lowest BCUT2D eigenvalue weighted by Gasteiger charge is -2.39. The van der Waals surface area contributed by atoms with Crippen LogP contribution < -0.4 is 5.32 Å². The minimum atomic E-state index is -4.39. The van der Waals surface area contributed by atoms with E-state index in [0.29, 0.717) is 13.1 Å². The van der Waals surface area contributed by atoms with Gasteiger partial charge in [0.1, 0.15) is 6.42 Å². The molecule has 0 radical (unpaired) electrons. The van der Waals surface area contributed by atoms with Crippen molar-refractivity contribution in [3.63, 3.8) is 0 Å². The number of likely N-dealkylation sites (tertiary alicyclic amines) is 1. The second-order valence-corrected chi connectivity index (χ2v) is 3.08. The number of alkyl halides is 3. The molecule has 0 aliphatic carbocycles. The SMILES string of the molecule is CNC1CN(C(=O)CC(F)(F)F)C1. The summed E-state index contributed by atoms with van der Waals surface area (Å²) in [7, 11) is 1.72. The van der Waals surface area contributed by atoms with E-state index in [1.165, 1.54) is 4.90 Å². The van der Waals surface area contributed by atoms with E-state index in [1.54, 1.807) is 7.05 Å². The Labute approximate surface area is 73.9 Å². The molecule has 0 atom stereocenters. The quantitative estimate of drug-likeness (QED) is 0.692. The van der Waals surface area contributed by atoms with Crippen LogP contribution in [0.4, 0.5) is 13.2 Å². The molecule has 1 aliphatic heterocycles. The van der Waals surface area contributed by atoms with Crippen molar-refractivity contribution in [3.05, 3.63) is 0 Å². The third kappa shape index (κ3) is 2.87. The summed E-state index contributed by atoms with van der Waals surface area (Å²) >= 11 is 0. The van der Waals surface area contributed by atoms with Crippen molar-refractivity contribution < 1.29 is 18.0 Å². The summed E-state index contributed by atoms with van der Waals surface area (Å²) in [5.41, 5.74) is 0. The number of carbonyl (C=O) groups excluding carboxylic acids is 1. The normalized spacial score (nSPS) is 18.6. The van der Waals surface area contributed by atoms with Gasteiger partial charge < -0.3 is 10.2 Å². The average molecular weight is 196 g/mol. The molecule has 3 nitrogen and oxygen atoms in total. The molecule has 1 amide bonds. The van der Waals surface area contributed by atoms with Gasteiger partial charge in [-0.25, -0.2) is 0 Å². The Balaban J connectivity index is 2.27. The predicted molar refractivity (Wildman–Crippen MR) is 40.1 cm³/mol. The molecule has 1 rings (SSSR count). The number of nitrogens with one attached hydrogen (secondary N) is 1. The van der Waals surface area contributed by atoms with Gasteiger partial charge in [-0.3, -0.25) is 4.79 Å². The lowest BCUT2D eigenvalue weighted by Crippen LogP contribution is -2.59. The van der Waals surface area contributed by atoms with Crippen LogP contribution in [0.3, 0.4) is 0 Å². The maximum atomic E-state index is 11.7. The van der Waals surface area contributed by atoms with E-state index in [4.69, 9.17) is 0 Å². The molecule has 0 aromatic carbocycles. The Morgan fingerprint density at radius 3 is 2.46 bits per heavy atom. The van der Waals surface area contributed by atoms with Gasteiger partial charge in [0.25, 0.3) is 0 Å². The molecule has 1 aliphatic rings. The third-order valence-electron chi connectivity index (χ3n) is 1.99. The molecule has 1 heterocycles. The minimum absolute atomic E-state index is 0.150. The number of hydrogen-bond donors (Lipinski definition) is 1. The van der Waals surface area contributed by atoms with Crippen molar-refractivity contribution in [1.29, 1.82) is 0 Å². The van der Waals surface area contributed by atoms with Crippen LogP contribution in [0.1, 0.15) is 6.42 Å². The lowest BCUT2D eigenvalue weighted by molar-refractivity contribution is -0.164. The van der Waals surface area contributed by atoms with Crippen molar-refractivity contribution in [3.8, 4) is 0 Å². The second-order valence-electron chi connectivity index (χ2n) is 3.08. The highest BCUT2D eigenvalue weighted by Crippen LogP contribution is 2.22. The number of amides is 1. The number of rotatable bonds is 2. The molecule has 0 saturated carbocycles. The summed E-state index contributed by atoms with van der Waals surface area (Å²) in [4.78, 5) is 12.1. The van der Waals surface area contributed by atoms with Gasteiger partial charge in [0.2, 0.25) is 5.91 Å². The van der Waals surface area contributed by atoms with Crippen LogP contribution in [0.25, 0.3) is 0 Å². The molecule has 1 N–H and O–H groups in total. The number of hydrogen-bond acceptors (Lipinski definition) is 2. The Morgan fingerprint density at radius 2 is 2.08 bits per heavy atom. The topological polar surface area (TPSA) is 32.3 Å². The average Bonchev–Trinajstić information content (AvgIpc) is 1.79. The summed E-state index contributed by atoms with van der Waals surface area (Å²) in [6, 6.07) is 0.150. The Morgan fingerprint density at radius 1 is 1.54 bits per heavy atom. The maximum Gasteiger partial charge on any atom is 0.397 e. The molecular weight excluding hydrogens is 185 g/mol. The highest BCUT2D eigenvalue weighted by Gasteiger charge is 2.37. The molecule has 6 heteroatoms. The lowest BCUT2D eigenvalue weighted by atomic mass is 10.1. The zero-order valence-corrected chi connectivity index (χ0v) is 7.19. The minimum Gasteiger partial charge on any atom is -0.339 e. The standard InChI is InChI=1S/C7H11F3N2O/c1-11-5-3-12(4-5)6(13)2-7(8,9)10/h5,11H,2-4H2,1H3. The van der Waals surface area contributed by atoms with Crippen molar-refractivity contribution in [1.82, 2.24) is 10.2 Å². The summed E-state index contributed by atoms with van der Waals surface area (Å²) in [5.74, 6) is -0.834. The van der Waals surface area contributed by atoms with Gasteiger partial charge in [0, 0.05) is 19.1 Å².